The fourth-order valence-electron chi connectivity index (χ4n) is 2.12. The third-order valence-electron chi connectivity index (χ3n) is 3.12. The van der Waals surface area contributed by atoms with Crippen LogP contribution in [0.15, 0.2) is 24.3 Å². The lowest BCUT2D eigenvalue weighted by Crippen LogP contribution is -2.00. The molecule has 7 nitrogen and oxygen atoms in total. The van der Waals surface area contributed by atoms with Crippen molar-refractivity contribution in [1.82, 2.24) is 9.78 Å². The first-order valence-corrected chi connectivity index (χ1v) is 6.65. The number of hydrogen-bond acceptors (Lipinski definition) is 5. The summed E-state index contributed by atoms with van der Waals surface area (Å²) in [5.41, 5.74) is 1.06. The zero-order valence-electron chi connectivity index (χ0n) is 11.9. The van der Waals surface area contributed by atoms with Gasteiger partial charge in [0.25, 0.3) is 5.88 Å². The van der Waals surface area contributed by atoms with Gasteiger partial charge in [0.1, 0.15) is 11.4 Å². The summed E-state index contributed by atoms with van der Waals surface area (Å²) in [6, 6.07) is 7.13. The smallest absolute Gasteiger partial charge is 0.353 e. The standard InChI is InChI=1S/C14H17N3O4/c1-3-11-13(17(19)20)14(16(2)15-11)21-12-7-5-4-6-10(12)8-9-18/h4-7,18H,3,8-9H2,1-2H3. The number of para-hydroxylation sites is 1. The van der Waals surface area contributed by atoms with Crippen molar-refractivity contribution in [2.45, 2.75) is 19.8 Å². The molecule has 0 bridgehead atoms. The lowest BCUT2D eigenvalue weighted by atomic mass is 10.1. The average molecular weight is 291 g/mol. The largest absolute Gasteiger partial charge is 0.434 e. The van der Waals surface area contributed by atoms with E-state index in [1.165, 1.54) is 4.68 Å². The van der Waals surface area contributed by atoms with E-state index in [9.17, 15) is 10.1 Å². The maximum Gasteiger partial charge on any atom is 0.353 e. The highest BCUT2D eigenvalue weighted by atomic mass is 16.6. The molecule has 2 aromatic rings. The monoisotopic (exact) mass is 291 g/mol. The van der Waals surface area contributed by atoms with Gasteiger partial charge in [-0.05, 0) is 24.5 Å². The Morgan fingerprint density at radius 1 is 1.43 bits per heavy atom. The van der Waals surface area contributed by atoms with Gasteiger partial charge in [0.2, 0.25) is 0 Å². The molecule has 0 saturated heterocycles. The molecule has 0 saturated carbocycles. The number of aliphatic hydroxyl groups is 1. The Morgan fingerprint density at radius 3 is 2.76 bits per heavy atom. The SMILES string of the molecule is CCc1nn(C)c(Oc2ccccc2CCO)c1[N+](=O)[O-]. The van der Waals surface area contributed by atoms with Crippen LogP contribution in [-0.2, 0) is 19.9 Å². The minimum Gasteiger partial charge on any atom is -0.434 e. The fraction of sp³-hybridized carbons (Fsp3) is 0.357. The first kappa shape index (κ1) is 15.0. The number of benzene rings is 1. The van der Waals surface area contributed by atoms with E-state index in [-0.39, 0.29) is 18.2 Å². The van der Waals surface area contributed by atoms with Crippen molar-refractivity contribution in [1.29, 1.82) is 0 Å². The second-order valence-corrected chi connectivity index (χ2v) is 4.52. The lowest BCUT2D eigenvalue weighted by Gasteiger charge is -2.09. The molecule has 1 aromatic carbocycles. The highest BCUT2D eigenvalue weighted by molar-refractivity contribution is 5.49. The minimum atomic E-state index is -0.476. The number of aliphatic hydroxyl groups excluding tert-OH is 1. The third-order valence-corrected chi connectivity index (χ3v) is 3.12. The van der Waals surface area contributed by atoms with E-state index in [0.717, 1.165) is 5.56 Å². The highest BCUT2D eigenvalue weighted by Gasteiger charge is 2.28. The van der Waals surface area contributed by atoms with E-state index in [1.54, 1.807) is 26.1 Å². The Labute approximate surface area is 121 Å². The van der Waals surface area contributed by atoms with Crippen LogP contribution in [0.1, 0.15) is 18.2 Å². The molecular formula is C14H17N3O4. The van der Waals surface area contributed by atoms with Gasteiger partial charge in [0.05, 0.1) is 4.92 Å². The van der Waals surface area contributed by atoms with Crippen LogP contribution in [0.5, 0.6) is 11.6 Å². The van der Waals surface area contributed by atoms with Gasteiger partial charge in [-0.15, -0.1) is 0 Å². The van der Waals surface area contributed by atoms with E-state index in [0.29, 0.717) is 24.3 Å². The molecule has 7 heteroatoms. The number of aromatic nitrogens is 2. The molecule has 0 fully saturated rings. The first-order valence-electron chi connectivity index (χ1n) is 6.65. The molecule has 0 unspecified atom stereocenters. The molecule has 1 N–H and O–H groups in total. The lowest BCUT2D eigenvalue weighted by molar-refractivity contribution is -0.386. The van der Waals surface area contributed by atoms with Gasteiger partial charge in [-0.2, -0.15) is 5.10 Å². The Hall–Kier alpha value is -2.41. The van der Waals surface area contributed by atoms with Crippen LogP contribution in [0.4, 0.5) is 5.69 Å². The normalized spacial score (nSPS) is 10.6. The molecule has 0 spiro atoms. The van der Waals surface area contributed by atoms with Crippen LogP contribution in [0.25, 0.3) is 0 Å². The van der Waals surface area contributed by atoms with Gasteiger partial charge in [0.15, 0.2) is 0 Å². The zero-order valence-corrected chi connectivity index (χ0v) is 11.9. The molecule has 0 aliphatic carbocycles. The summed E-state index contributed by atoms with van der Waals surface area (Å²) < 4.78 is 7.08. The number of nitro groups is 1. The zero-order chi connectivity index (χ0) is 15.4. The second-order valence-electron chi connectivity index (χ2n) is 4.52. The van der Waals surface area contributed by atoms with Gasteiger partial charge in [-0.25, -0.2) is 4.68 Å². The van der Waals surface area contributed by atoms with Crippen molar-refractivity contribution in [2.24, 2.45) is 7.05 Å². The Morgan fingerprint density at radius 2 is 2.14 bits per heavy atom. The van der Waals surface area contributed by atoms with Crippen LogP contribution in [0.2, 0.25) is 0 Å². The van der Waals surface area contributed by atoms with E-state index in [2.05, 4.69) is 5.10 Å². The molecular weight excluding hydrogens is 274 g/mol. The second kappa shape index (κ2) is 6.36. The van der Waals surface area contributed by atoms with Crippen molar-refractivity contribution in [3.63, 3.8) is 0 Å². The summed E-state index contributed by atoms with van der Waals surface area (Å²) >= 11 is 0. The van der Waals surface area contributed by atoms with Gasteiger partial charge in [-0.1, -0.05) is 25.1 Å². The van der Waals surface area contributed by atoms with E-state index < -0.39 is 4.92 Å². The third kappa shape index (κ3) is 3.03. The van der Waals surface area contributed by atoms with Gasteiger partial charge >= 0.3 is 5.69 Å². The number of nitrogens with zero attached hydrogens (tertiary/aromatic N) is 3. The number of hydrogen-bond donors (Lipinski definition) is 1. The molecule has 0 atom stereocenters. The molecule has 0 aliphatic heterocycles. The Balaban J connectivity index is 2.45. The summed E-state index contributed by atoms with van der Waals surface area (Å²) in [5.74, 6) is 0.586. The Kier molecular flexibility index (Phi) is 4.54. The van der Waals surface area contributed by atoms with Crippen LogP contribution < -0.4 is 4.74 Å². The van der Waals surface area contributed by atoms with Crippen molar-refractivity contribution in [3.05, 3.63) is 45.6 Å². The van der Waals surface area contributed by atoms with Crippen molar-refractivity contribution in [3.8, 4) is 11.6 Å². The maximum atomic E-state index is 11.2. The van der Waals surface area contributed by atoms with E-state index >= 15 is 0 Å². The molecule has 21 heavy (non-hydrogen) atoms. The van der Waals surface area contributed by atoms with Gasteiger partial charge in [0, 0.05) is 13.7 Å². The van der Waals surface area contributed by atoms with Crippen LogP contribution in [-0.4, -0.2) is 26.4 Å². The number of rotatable bonds is 6. The van der Waals surface area contributed by atoms with Crippen molar-refractivity contribution in [2.75, 3.05) is 6.61 Å². The van der Waals surface area contributed by atoms with Crippen LogP contribution in [0.3, 0.4) is 0 Å². The summed E-state index contributed by atoms with van der Waals surface area (Å²) in [5, 5.41) is 24.4. The molecule has 1 aromatic heterocycles. The topological polar surface area (TPSA) is 90.4 Å². The van der Waals surface area contributed by atoms with E-state index in [1.807, 2.05) is 12.1 Å². The highest BCUT2D eigenvalue weighted by Crippen LogP contribution is 2.35. The molecule has 0 aliphatic rings. The minimum absolute atomic E-state index is 0.0198. The molecule has 0 radical (unpaired) electrons. The van der Waals surface area contributed by atoms with Crippen molar-refractivity contribution >= 4 is 5.69 Å². The number of aryl methyl sites for hydroxylation is 2. The number of ether oxygens (including phenoxy) is 1. The fourth-order valence-corrected chi connectivity index (χ4v) is 2.12. The predicted molar refractivity (Wildman–Crippen MR) is 76.5 cm³/mol. The molecule has 0 amide bonds. The summed E-state index contributed by atoms with van der Waals surface area (Å²) in [6.07, 6.45) is 0.869. The van der Waals surface area contributed by atoms with Crippen LogP contribution >= 0.6 is 0 Å². The summed E-state index contributed by atoms with van der Waals surface area (Å²) in [7, 11) is 1.61. The Bertz CT molecular complexity index is 652. The molecule has 2 rings (SSSR count). The quantitative estimate of drug-likeness (QED) is 0.651. The maximum absolute atomic E-state index is 11.2. The first-order chi connectivity index (χ1) is 10.1. The predicted octanol–water partition coefficient (Wildman–Crippen LogP) is 2.22. The molecule has 1 heterocycles. The van der Waals surface area contributed by atoms with Gasteiger partial charge in [-0.3, -0.25) is 10.1 Å². The van der Waals surface area contributed by atoms with Crippen molar-refractivity contribution < 1.29 is 14.8 Å². The average Bonchev–Trinajstić information content (AvgIpc) is 2.78. The molecule has 112 valence electrons. The summed E-state index contributed by atoms with van der Waals surface area (Å²) in [6.45, 7) is 1.78. The van der Waals surface area contributed by atoms with Gasteiger partial charge < -0.3 is 9.84 Å². The van der Waals surface area contributed by atoms with E-state index in [4.69, 9.17) is 9.84 Å². The summed E-state index contributed by atoms with van der Waals surface area (Å²) in [4.78, 5) is 10.8. The van der Waals surface area contributed by atoms with Crippen LogP contribution in [0, 0.1) is 10.1 Å².